The third-order valence-electron chi connectivity index (χ3n) is 10.2. The second-order valence-electron chi connectivity index (χ2n) is 15.6. The molecule has 0 aliphatic carbocycles. The summed E-state index contributed by atoms with van der Waals surface area (Å²) in [7, 11) is -5.07. The summed E-state index contributed by atoms with van der Waals surface area (Å²) in [5, 5.41) is 30.6. The molecule has 0 amide bonds. The Morgan fingerprint density at radius 2 is 1.15 bits per heavy atom. The topological polar surface area (TPSA) is 178 Å². The number of ether oxygens (including phenoxy) is 4. The number of hydrogen-bond donors (Lipinski definition) is 4. The molecule has 59 heavy (non-hydrogen) atoms. The van der Waals surface area contributed by atoms with E-state index < -0.39 is 59.8 Å². The molecule has 0 radical (unpaired) electrons. The average Bonchev–Trinajstić information content (AvgIpc) is 3.20. The summed E-state index contributed by atoms with van der Waals surface area (Å²) in [5.74, 6) is -0.417. The average molecular weight is 859 g/mol. The standard InChI is InChI=1S/C46H82O12S/c1-3-5-7-9-11-13-15-17-19-20-21-22-23-25-27-29-31-33-35-42(48)56-40(38-54-36-34-32-30-28-26-24-18-16-14-12-10-8-6-4-2)39-55-46-44(50)45(58-59(51,52)53)43(49)41(37-47)57-46/h6,8,12,14,18,24,28,30,40-41,43-47,49-50H,3-5,7,9-11,13,15-17,19-23,25-27,29,31-39H2,1-2H3,(H,51,52,53)/b8-6-,14-12-,24-18-,30-28-. The lowest BCUT2D eigenvalue weighted by Gasteiger charge is -2.41. The molecule has 1 heterocycles. The highest BCUT2D eigenvalue weighted by molar-refractivity contribution is 7.80. The van der Waals surface area contributed by atoms with Gasteiger partial charge in [-0.2, -0.15) is 8.42 Å². The highest BCUT2D eigenvalue weighted by Gasteiger charge is 2.48. The van der Waals surface area contributed by atoms with Crippen LogP contribution in [0, 0.1) is 0 Å². The van der Waals surface area contributed by atoms with Crippen LogP contribution >= 0.6 is 0 Å². The zero-order valence-electron chi connectivity index (χ0n) is 36.6. The van der Waals surface area contributed by atoms with Crippen molar-refractivity contribution in [3.05, 3.63) is 48.6 Å². The monoisotopic (exact) mass is 859 g/mol. The molecule has 1 saturated heterocycles. The lowest BCUT2D eigenvalue weighted by Crippen LogP contribution is -2.60. The predicted molar refractivity (Wildman–Crippen MR) is 234 cm³/mol. The Labute approximate surface area is 357 Å². The number of carbonyl (C=O) groups is 1. The maximum atomic E-state index is 12.8. The first-order valence-corrected chi connectivity index (χ1v) is 24.3. The van der Waals surface area contributed by atoms with Crippen LogP contribution in [-0.2, 0) is 38.3 Å². The molecule has 6 unspecified atom stereocenters. The third kappa shape index (κ3) is 31.6. The van der Waals surface area contributed by atoms with Crippen LogP contribution in [-0.4, -0.2) is 97.5 Å². The van der Waals surface area contributed by atoms with E-state index in [1.165, 1.54) is 89.9 Å². The van der Waals surface area contributed by atoms with Gasteiger partial charge in [0.05, 0.1) is 19.8 Å². The molecule has 1 rings (SSSR count). The van der Waals surface area contributed by atoms with Gasteiger partial charge in [0.25, 0.3) is 0 Å². The summed E-state index contributed by atoms with van der Waals surface area (Å²) in [5.41, 5.74) is 0. The van der Waals surface area contributed by atoms with Crippen molar-refractivity contribution < 1.29 is 56.2 Å². The Morgan fingerprint density at radius 1 is 0.661 bits per heavy atom. The van der Waals surface area contributed by atoms with Crippen LogP contribution < -0.4 is 0 Å². The van der Waals surface area contributed by atoms with E-state index in [1.54, 1.807) is 0 Å². The fraction of sp³-hybridized carbons (Fsp3) is 0.804. The van der Waals surface area contributed by atoms with Gasteiger partial charge in [-0.15, -0.1) is 0 Å². The second kappa shape index (κ2) is 37.8. The van der Waals surface area contributed by atoms with Crippen molar-refractivity contribution in [2.75, 3.05) is 26.4 Å². The highest BCUT2D eigenvalue weighted by atomic mass is 32.3. The van der Waals surface area contributed by atoms with Gasteiger partial charge in [0.2, 0.25) is 0 Å². The Hall–Kier alpha value is -1.94. The summed E-state index contributed by atoms with van der Waals surface area (Å²) >= 11 is 0. The lowest BCUT2D eigenvalue weighted by molar-refractivity contribution is -0.301. The number of carbonyl (C=O) groups excluding carboxylic acids is 1. The number of hydrogen-bond acceptors (Lipinski definition) is 11. The van der Waals surface area contributed by atoms with E-state index in [0.717, 1.165) is 57.8 Å². The van der Waals surface area contributed by atoms with Gasteiger partial charge < -0.3 is 34.3 Å². The summed E-state index contributed by atoms with van der Waals surface area (Å²) in [6.45, 7) is 3.74. The number of aliphatic hydroxyl groups is 3. The lowest BCUT2D eigenvalue weighted by atomic mass is 9.99. The van der Waals surface area contributed by atoms with Crippen LogP contribution in [0.15, 0.2) is 48.6 Å². The molecule has 0 aromatic rings. The Bertz CT molecular complexity index is 1220. The minimum Gasteiger partial charge on any atom is -0.457 e. The molecule has 1 aliphatic rings. The molecule has 1 aliphatic heterocycles. The molecule has 0 spiro atoms. The van der Waals surface area contributed by atoms with E-state index in [9.17, 15) is 28.5 Å². The van der Waals surface area contributed by atoms with Crippen molar-refractivity contribution in [3.63, 3.8) is 0 Å². The van der Waals surface area contributed by atoms with Gasteiger partial charge in [0.1, 0.15) is 30.5 Å². The largest absolute Gasteiger partial charge is 0.457 e. The molecular weight excluding hydrogens is 777 g/mol. The molecule has 0 saturated carbocycles. The number of rotatable bonds is 39. The van der Waals surface area contributed by atoms with E-state index in [-0.39, 0.29) is 19.6 Å². The molecule has 0 aromatic heterocycles. The predicted octanol–water partition coefficient (Wildman–Crippen LogP) is 9.58. The highest BCUT2D eigenvalue weighted by Crippen LogP contribution is 2.26. The molecule has 13 heteroatoms. The first-order chi connectivity index (χ1) is 28.6. The minimum absolute atomic E-state index is 0.00110. The number of allylic oxidation sites excluding steroid dienone is 8. The van der Waals surface area contributed by atoms with Crippen molar-refractivity contribution in [2.45, 2.75) is 211 Å². The normalized spacial score (nSPS) is 20.8. The fourth-order valence-electron chi connectivity index (χ4n) is 6.79. The van der Waals surface area contributed by atoms with Crippen LogP contribution in [0.1, 0.15) is 174 Å². The Balaban J connectivity index is 2.44. The van der Waals surface area contributed by atoms with Crippen molar-refractivity contribution in [1.29, 1.82) is 0 Å². The van der Waals surface area contributed by atoms with Crippen molar-refractivity contribution in [1.82, 2.24) is 0 Å². The van der Waals surface area contributed by atoms with E-state index >= 15 is 0 Å². The number of esters is 1. The Kier molecular flexibility index (Phi) is 35.3. The van der Waals surface area contributed by atoms with Gasteiger partial charge in [-0.3, -0.25) is 9.35 Å². The summed E-state index contributed by atoms with van der Waals surface area (Å²) in [6.07, 6.45) is 35.9. The van der Waals surface area contributed by atoms with Crippen LogP contribution in [0.25, 0.3) is 0 Å². The number of unbranched alkanes of at least 4 members (excludes halogenated alkanes) is 18. The van der Waals surface area contributed by atoms with Crippen molar-refractivity contribution >= 4 is 16.4 Å². The van der Waals surface area contributed by atoms with Gasteiger partial charge in [0, 0.05) is 13.0 Å². The van der Waals surface area contributed by atoms with E-state index in [4.69, 9.17) is 23.5 Å². The maximum Gasteiger partial charge on any atom is 0.397 e. The summed E-state index contributed by atoms with van der Waals surface area (Å²) in [4.78, 5) is 12.8. The zero-order valence-corrected chi connectivity index (χ0v) is 37.4. The maximum absolute atomic E-state index is 12.8. The molecule has 12 nitrogen and oxygen atoms in total. The first kappa shape index (κ1) is 55.1. The second-order valence-corrected chi connectivity index (χ2v) is 16.7. The van der Waals surface area contributed by atoms with Crippen LogP contribution in [0.3, 0.4) is 0 Å². The summed E-state index contributed by atoms with van der Waals surface area (Å²) in [6, 6.07) is 0. The molecule has 1 fully saturated rings. The van der Waals surface area contributed by atoms with E-state index in [1.807, 2.05) is 0 Å². The molecule has 6 atom stereocenters. The van der Waals surface area contributed by atoms with Gasteiger partial charge >= 0.3 is 16.4 Å². The Morgan fingerprint density at radius 3 is 1.64 bits per heavy atom. The number of aliphatic hydroxyl groups excluding tert-OH is 3. The van der Waals surface area contributed by atoms with Gasteiger partial charge in [0.15, 0.2) is 6.29 Å². The van der Waals surface area contributed by atoms with Crippen LogP contribution in [0.2, 0.25) is 0 Å². The molecule has 344 valence electrons. The van der Waals surface area contributed by atoms with Crippen LogP contribution in [0.5, 0.6) is 0 Å². The molecule has 0 aromatic carbocycles. The van der Waals surface area contributed by atoms with E-state index in [2.05, 4.69) is 66.6 Å². The van der Waals surface area contributed by atoms with Crippen molar-refractivity contribution in [2.24, 2.45) is 0 Å². The smallest absolute Gasteiger partial charge is 0.397 e. The van der Waals surface area contributed by atoms with Gasteiger partial charge in [-0.1, -0.05) is 172 Å². The first-order valence-electron chi connectivity index (χ1n) is 22.9. The van der Waals surface area contributed by atoms with Crippen molar-refractivity contribution in [3.8, 4) is 0 Å². The van der Waals surface area contributed by atoms with Gasteiger partial charge in [-0.05, 0) is 44.9 Å². The quantitative estimate of drug-likeness (QED) is 0.0199. The minimum atomic E-state index is -5.07. The van der Waals surface area contributed by atoms with Gasteiger partial charge in [-0.25, -0.2) is 4.18 Å². The molecule has 0 bridgehead atoms. The fourth-order valence-corrected chi connectivity index (χ4v) is 7.30. The van der Waals surface area contributed by atoms with E-state index in [0.29, 0.717) is 13.0 Å². The van der Waals surface area contributed by atoms with Crippen LogP contribution in [0.4, 0.5) is 0 Å². The SMILES string of the molecule is CC/C=C\C/C=C\C/C=C\C/C=C\CCCOCC(COC1OC(CO)C(O)C(OS(=O)(=O)O)C1O)OC(=O)CCCCCCCCCCCCCCCCCCCC. The zero-order chi connectivity index (χ0) is 43.2. The molecule has 4 N–H and O–H groups in total. The third-order valence-corrected chi connectivity index (χ3v) is 10.7. The molecular formula is C46H82O12S. The summed E-state index contributed by atoms with van der Waals surface area (Å²) < 4.78 is 59.0.